The predicted octanol–water partition coefficient (Wildman–Crippen LogP) is 2.35. The minimum Gasteiger partial charge on any atom is -0.358 e. The number of thiophene rings is 1. The van der Waals surface area contributed by atoms with E-state index in [2.05, 4.69) is 15.6 Å². The van der Waals surface area contributed by atoms with Gasteiger partial charge in [0.25, 0.3) is 0 Å². The maximum atomic E-state index is 11.6. The van der Waals surface area contributed by atoms with Gasteiger partial charge in [0.2, 0.25) is 5.91 Å². The van der Waals surface area contributed by atoms with Crippen molar-refractivity contribution in [3.05, 3.63) is 58.6 Å². The van der Waals surface area contributed by atoms with Gasteiger partial charge < -0.3 is 5.32 Å². The zero-order chi connectivity index (χ0) is 14.2. The number of pyridine rings is 1. The highest BCUT2D eigenvalue weighted by atomic mass is 32.1. The molecule has 0 aliphatic heterocycles. The zero-order valence-corrected chi connectivity index (χ0v) is 12.2. The molecule has 0 aromatic carbocycles. The Balaban J connectivity index is 1.75. The summed E-state index contributed by atoms with van der Waals surface area (Å²) in [5.74, 6) is -0.248. The quantitative estimate of drug-likeness (QED) is 0.672. The molecule has 0 saturated heterocycles. The summed E-state index contributed by atoms with van der Waals surface area (Å²) in [4.78, 5) is 16.7. The van der Waals surface area contributed by atoms with Crippen LogP contribution in [-0.4, -0.2) is 16.0 Å². The lowest BCUT2D eigenvalue weighted by Gasteiger charge is -2.07. The highest BCUT2D eigenvalue weighted by Crippen LogP contribution is 2.09. The van der Waals surface area contributed by atoms with Crippen LogP contribution in [0.2, 0.25) is 0 Å². The van der Waals surface area contributed by atoms with E-state index in [-0.39, 0.29) is 5.91 Å². The number of nitrogens with zero attached hydrogens (tertiary/aromatic N) is 1. The van der Waals surface area contributed by atoms with Crippen LogP contribution in [0.3, 0.4) is 0 Å². The molecule has 0 aliphatic rings. The molecule has 2 aromatic heterocycles. The number of thiocarbonyl (C=S) groups is 1. The first-order valence-corrected chi connectivity index (χ1v) is 7.22. The van der Waals surface area contributed by atoms with Crippen molar-refractivity contribution in [3.63, 3.8) is 0 Å². The van der Waals surface area contributed by atoms with E-state index in [0.717, 1.165) is 10.4 Å². The molecular formula is C14H13N3OS2. The second-order valence-corrected chi connectivity index (χ2v) is 5.27. The van der Waals surface area contributed by atoms with Crippen LogP contribution in [0.1, 0.15) is 10.4 Å². The Morgan fingerprint density at radius 1 is 1.40 bits per heavy atom. The first-order valence-electron chi connectivity index (χ1n) is 5.93. The lowest BCUT2D eigenvalue weighted by atomic mass is 10.3. The molecule has 20 heavy (non-hydrogen) atoms. The summed E-state index contributed by atoms with van der Waals surface area (Å²) in [6, 6.07) is 7.65. The molecule has 0 spiro atoms. The fourth-order valence-electron chi connectivity index (χ4n) is 1.43. The summed E-state index contributed by atoms with van der Waals surface area (Å²) in [7, 11) is 0. The minimum atomic E-state index is -0.248. The van der Waals surface area contributed by atoms with E-state index < -0.39 is 0 Å². The van der Waals surface area contributed by atoms with Crippen molar-refractivity contribution in [1.82, 2.24) is 15.6 Å². The first-order chi connectivity index (χ1) is 9.74. The van der Waals surface area contributed by atoms with Gasteiger partial charge in [-0.05, 0) is 41.4 Å². The van der Waals surface area contributed by atoms with E-state index in [1.54, 1.807) is 29.8 Å². The predicted molar refractivity (Wildman–Crippen MR) is 85.2 cm³/mol. The van der Waals surface area contributed by atoms with Gasteiger partial charge >= 0.3 is 0 Å². The van der Waals surface area contributed by atoms with Crippen molar-refractivity contribution in [3.8, 4) is 0 Å². The Hall–Kier alpha value is -2.05. The molecule has 0 unspecified atom stereocenters. The normalized spacial score (nSPS) is 10.4. The zero-order valence-electron chi connectivity index (χ0n) is 10.6. The monoisotopic (exact) mass is 303 g/mol. The van der Waals surface area contributed by atoms with Gasteiger partial charge in [-0.1, -0.05) is 12.1 Å². The van der Waals surface area contributed by atoms with E-state index >= 15 is 0 Å². The summed E-state index contributed by atoms with van der Waals surface area (Å²) in [5, 5.41) is 7.80. The molecule has 0 fully saturated rings. The lowest BCUT2D eigenvalue weighted by Crippen LogP contribution is -2.37. The van der Waals surface area contributed by atoms with Crippen LogP contribution in [0, 0.1) is 0 Å². The Morgan fingerprint density at radius 2 is 2.30 bits per heavy atom. The fraction of sp³-hybridized carbons (Fsp3) is 0.0714. The average molecular weight is 303 g/mol. The Kier molecular flexibility index (Phi) is 5.40. The SMILES string of the molecule is O=C(/C=C/c1cccs1)NC(=S)NCc1cccnc1. The summed E-state index contributed by atoms with van der Waals surface area (Å²) in [6.07, 6.45) is 6.67. The van der Waals surface area contributed by atoms with Crippen LogP contribution >= 0.6 is 23.6 Å². The highest BCUT2D eigenvalue weighted by Gasteiger charge is 2.00. The molecule has 0 aliphatic carbocycles. The molecule has 0 atom stereocenters. The standard InChI is InChI=1S/C14H13N3OS2/c18-13(6-5-12-4-2-8-20-12)17-14(19)16-10-11-3-1-7-15-9-11/h1-9H,10H2,(H2,16,17,18,19)/b6-5+. The van der Waals surface area contributed by atoms with Crippen molar-refractivity contribution in [2.24, 2.45) is 0 Å². The Bertz CT molecular complexity index is 594. The molecule has 2 aromatic rings. The molecule has 0 bridgehead atoms. The van der Waals surface area contributed by atoms with Gasteiger partial charge in [0.05, 0.1) is 0 Å². The van der Waals surface area contributed by atoms with Crippen molar-refractivity contribution in [2.75, 3.05) is 0 Å². The van der Waals surface area contributed by atoms with E-state index in [0.29, 0.717) is 11.7 Å². The molecule has 0 saturated carbocycles. The van der Waals surface area contributed by atoms with Crippen molar-refractivity contribution in [1.29, 1.82) is 0 Å². The van der Waals surface area contributed by atoms with E-state index in [9.17, 15) is 4.79 Å². The molecule has 102 valence electrons. The Morgan fingerprint density at radius 3 is 3.00 bits per heavy atom. The minimum absolute atomic E-state index is 0.248. The van der Waals surface area contributed by atoms with Gasteiger partial charge in [-0.15, -0.1) is 11.3 Å². The second-order valence-electron chi connectivity index (χ2n) is 3.88. The number of carbonyl (C=O) groups is 1. The van der Waals surface area contributed by atoms with Crippen LogP contribution in [-0.2, 0) is 11.3 Å². The number of hydrogen-bond acceptors (Lipinski definition) is 4. The molecule has 4 nitrogen and oxygen atoms in total. The van der Waals surface area contributed by atoms with Gasteiger partial charge in [0, 0.05) is 29.9 Å². The van der Waals surface area contributed by atoms with Crippen LogP contribution in [0.5, 0.6) is 0 Å². The molecule has 2 N–H and O–H groups in total. The van der Waals surface area contributed by atoms with Gasteiger partial charge in [0.1, 0.15) is 0 Å². The third-order valence-corrected chi connectivity index (χ3v) is 3.44. The Labute approximate surface area is 126 Å². The number of carbonyl (C=O) groups excluding carboxylic acids is 1. The van der Waals surface area contributed by atoms with E-state index in [1.807, 2.05) is 29.6 Å². The fourth-order valence-corrected chi connectivity index (χ4v) is 2.22. The van der Waals surface area contributed by atoms with Crippen LogP contribution in [0.4, 0.5) is 0 Å². The lowest BCUT2D eigenvalue weighted by molar-refractivity contribution is -0.115. The van der Waals surface area contributed by atoms with Gasteiger partial charge in [-0.2, -0.15) is 0 Å². The number of nitrogens with one attached hydrogen (secondary N) is 2. The van der Waals surface area contributed by atoms with Gasteiger partial charge in [0.15, 0.2) is 5.11 Å². The smallest absolute Gasteiger partial charge is 0.250 e. The summed E-state index contributed by atoms with van der Waals surface area (Å²) in [6.45, 7) is 0.529. The maximum Gasteiger partial charge on any atom is 0.250 e. The number of rotatable bonds is 4. The third-order valence-electron chi connectivity index (χ3n) is 2.35. The average Bonchev–Trinajstić information content (AvgIpc) is 2.97. The van der Waals surface area contributed by atoms with Crippen molar-refractivity contribution >= 4 is 40.7 Å². The van der Waals surface area contributed by atoms with Gasteiger partial charge in [-0.25, -0.2) is 0 Å². The molecule has 1 amide bonds. The molecule has 2 rings (SSSR count). The highest BCUT2D eigenvalue weighted by molar-refractivity contribution is 7.80. The van der Waals surface area contributed by atoms with Crippen molar-refractivity contribution < 1.29 is 4.79 Å². The second kappa shape index (κ2) is 7.52. The molecule has 2 heterocycles. The number of amides is 1. The van der Waals surface area contributed by atoms with E-state index in [4.69, 9.17) is 12.2 Å². The van der Waals surface area contributed by atoms with Crippen LogP contribution < -0.4 is 10.6 Å². The largest absolute Gasteiger partial charge is 0.358 e. The van der Waals surface area contributed by atoms with Crippen molar-refractivity contribution in [2.45, 2.75) is 6.54 Å². The van der Waals surface area contributed by atoms with E-state index in [1.165, 1.54) is 6.08 Å². The van der Waals surface area contributed by atoms with Crippen LogP contribution in [0.15, 0.2) is 48.1 Å². The molecular weight excluding hydrogens is 290 g/mol. The number of aromatic nitrogens is 1. The maximum absolute atomic E-state index is 11.6. The van der Waals surface area contributed by atoms with Gasteiger partial charge in [-0.3, -0.25) is 15.1 Å². The topological polar surface area (TPSA) is 54.0 Å². The summed E-state index contributed by atoms with van der Waals surface area (Å²) < 4.78 is 0. The molecule has 6 heteroatoms. The molecule has 0 radical (unpaired) electrons. The summed E-state index contributed by atoms with van der Waals surface area (Å²) in [5.41, 5.74) is 0.998. The number of hydrogen-bond donors (Lipinski definition) is 2. The first kappa shape index (κ1) is 14.4. The summed E-state index contributed by atoms with van der Waals surface area (Å²) >= 11 is 6.62. The van der Waals surface area contributed by atoms with Crippen LogP contribution in [0.25, 0.3) is 6.08 Å². The third kappa shape index (κ3) is 4.91.